The highest BCUT2D eigenvalue weighted by molar-refractivity contribution is 5.76. The van der Waals surface area contributed by atoms with Gasteiger partial charge in [0.2, 0.25) is 0 Å². The number of aryl methyl sites for hydroxylation is 1. The third-order valence-corrected chi connectivity index (χ3v) is 3.40. The fraction of sp³-hybridized carbons (Fsp3) is 0.357. The Balaban J connectivity index is 2.14. The maximum atomic E-state index is 6.25. The number of hydrogen-bond acceptors (Lipinski definition) is 3. The van der Waals surface area contributed by atoms with Crippen molar-refractivity contribution in [3.63, 3.8) is 0 Å². The zero-order valence-corrected chi connectivity index (χ0v) is 10.7. The van der Waals surface area contributed by atoms with E-state index in [-0.39, 0.29) is 0 Å². The molecule has 0 saturated heterocycles. The zero-order chi connectivity index (χ0) is 12.7. The molecule has 1 saturated carbocycles. The summed E-state index contributed by atoms with van der Waals surface area (Å²) in [4.78, 5) is 4.61. The van der Waals surface area contributed by atoms with Crippen LogP contribution in [0, 0.1) is 6.92 Å². The molecular formula is C14H17N3O. The van der Waals surface area contributed by atoms with Gasteiger partial charge in [0.25, 0.3) is 0 Å². The van der Waals surface area contributed by atoms with Crippen LogP contribution in [0.3, 0.4) is 0 Å². The van der Waals surface area contributed by atoms with Crippen LogP contribution in [-0.2, 0) is 0 Å². The Bertz CT molecular complexity index is 585. The van der Waals surface area contributed by atoms with E-state index in [1.807, 2.05) is 31.2 Å². The van der Waals surface area contributed by atoms with Gasteiger partial charge in [-0.2, -0.15) is 0 Å². The van der Waals surface area contributed by atoms with Gasteiger partial charge in [-0.15, -0.1) is 0 Å². The van der Waals surface area contributed by atoms with Crippen molar-refractivity contribution in [2.24, 2.45) is 0 Å². The van der Waals surface area contributed by atoms with Gasteiger partial charge >= 0.3 is 0 Å². The number of rotatable bonds is 3. The number of ether oxygens (including phenoxy) is 1. The average Bonchev–Trinajstić information content (AvgIpc) is 3.16. The van der Waals surface area contributed by atoms with E-state index >= 15 is 0 Å². The van der Waals surface area contributed by atoms with Crippen LogP contribution < -0.4 is 10.5 Å². The predicted molar refractivity (Wildman–Crippen MR) is 71.6 cm³/mol. The second-order valence-electron chi connectivity index (χ2n) is 4.69. The van der Waals surface area contributed by atoms with Crippen LogP contribution in [0.15, 0.2) is 24.3 Å². The van der Waals surface area contributed by atoms with E-state index in [1.165, 1.54) is 12.8 Å². The first kappa shape index (κ1) is 11.1. The minimum Gasteiger partial charge on any atom is -0.496 e. The minimum atomic E-state index is 0.543. The molecule has 1 aliphatic carbocycles. The Morgan fingerprint density at radius 1 is 1.33 bits per heavy atom. The first-order valence-corrected chi connectivity index (χ1v) is 6.20. The number of benzene rings is 1. The Hall–Kier alpha value is -1.97. The van der Waals surface area contributed by atoms with Crippen LogP contribution >= 0.6 is 0 Å². The van der Waals surface area contributed by atoms with Crippen molar-refractivity contribution in [1.82, 2.24) is 9.55 Å². The summed E-state index contributed by atoms with van der Waals surface area (Å²) < 4.78 is 7.52. The summed E-state index contributed by atoms with van der Waals surface area (Å²) in [5, 5.41) is 0. The van der Waals surface area contributed by atoms with E-state index in [0.717, 1.165) is 28.6 Å². The largest absolute Gasteiger partial charge is 0.496 e. The van der Waals surface area contributed by atoms with E-state index < -0.39 is 0 Å². The van der Waals surface area contributed by atoms with Crippen LogP contribution in [-0.4, -0.2) is 16.7 Å². The lowest BCUT2D eigenvalue weighted by atomic mass is 10.1. The highest BCUT2D eigenvalue weighted by Crippen LogP contribution is 2.42. The summed E-state index contributed by atoms with van der Waals surface area (Å²) in [6.45, 7) is 2.01. The average molecular weight is 243 g/mol. The normalized spacial score (nSPS) is 14.8. The molecule has 3 rings (SSSR count). The molecule has 1 aromatic carbocycles. The number of imidazole rings is 1. The number of para-hydroxylation sites is 1. The minimum absolute atomic E-state index is 0.543. The van der Waals surface area contributed by atoms with Gasteiger partial charge in [-0.3, -0.25) is 0 Å². The molecule has 1 aromatic heterocycles. The fourth-order valence-electron chi connectivity index (χ4n) is 2.39. The molecule has 1 fully saturated rings. The highest BCUT2D eigenvalue weighted by Gasteiger charge is 2.29. The molecule has 4 nitrogen and oxygen atoms in total. The molecule has 1 heterocycles. The monoisotopic (exact) mass is 243 g/mol. The van der Waals surface area contributed by atoms with Crippen molar-refractivity contribution in [3.8, 4) is 17.0 Å². The molecule has 0 amide bonds. The summed E-state index contributed by atoms with van der Waals surface area (Å²) in [7, 11) is 1.67. The first-order valence-electron chi connectivity index (χ1n) is 6.20. The zero-order valence-electron chi connectivity index (χ0n) is 10.7. The molecular weight excluding hydrogens is 226 g/mol. The lowest BCUT2D eigenvalue weighted by molar-refractivity contribution is 0.416. The van der Waals surface area contributed by atoms with Gasteiger partial charge < -0.3 is 15.0 Å². The van der Waals surface area contributed by atoms with Crippen molar-refractivity contribution < 1.29 is 4.74 Å². The van der Waals surface area contributed by atoms with Crippen LogP contribution in [0.1, 0.15) is 24.7 Å². The molecule has 0 unspecified atom stereocenters. The Morgan fingerprint density at radius 2 is 2.06 bits per heavy atom. The molecule has 0 bridgehead atoms. The molecule has 1 aliphatic rings. The standard InChI is InChI=1S/C14H17N3O/c1-9-16-13(14(15)17(9)10-7-8-10)11-5-3-4-6-12(11)18-2/h3-6,10H,7-8,15H2,1-2H3. The van der Waals surface area contributed by atoms with Gasteiger partial charge in [-0.25, -0.2) is 4.98 Å². The molecule has 2 aromatic rings. The molecule has 0 atom stereocenters. The topological polar surface area (TPSA) is 53.1 Å². The van der Waals surface area contributed by atoms with Crippen molar-refractivity contribution in [2.45, 2.75) is 25.8 Å². The van der Waals surface area contributed by atoms with Gasteiger partial charge in [0.1, 0.15) is 23.1 Å². The Labute approximate surface area is 106 Å². The molecule has 0 aliphatic heterocycles. The predicted octanol–water partition coefficient (Wildman–Crippen LogP) is 2.78. The number of aromatic nitrogens is 2. The second-order valence-corrected chi connectivity index (χ2v) is 4.69. The SMILES string of the molecule is COc1ccccc1-c1nc(C)n(C2CC2)c1N. The maximum Gasteiger partial charge on any atom is 0.132 e. The number of nitrogen functional groups attached to an aromatic ring is 1. The molecule has 0 radical (unpaired) electrons. The lowest BCUT2D eigenvalue weighted by Gasteiger charge is -2.08. The quantitative estimate of drug-likeness (QED) is 0.901. The van der Waals surface area contributed by atoms with Gasteiger partial charge in [0.15, 0.2) is 0 Å². The highest BCUT2D eigenvalue weighted by atomic mass is 16.5. The van der Waals surface area contributed by atoms with Crippen LogP contribution in [0.4, 0.5) is 5.82 Å². The fourth-order valence-corrected chi connectivity index (χ4v) is 2.39. The van der Waals surface area contributed by atoms with Crippen molar-refractivity contribution >= 4 is 5.82 Å². The van der Waals surface area contributed by atoms with E-state index in [1.54, 1.807) is 7.11 Å². The molecule has 94 valence electrons. The van der Waals surface area contributed by atoms with Gasteiger partial charge in [0, 0.05) is 11.6 Å². The van der Waals surface area contributed by atoms with Crippen LogP contribution in [0.25, 0.3) is 11.3 Å². The summed E-state index contributed by atoms with van der Waals surface area (Å²) in [6, 6.07) is 8.39. The van der Waals surface area contributed by atoms with Gasteiger partial charge in [-0.05, 0) is 31.9 Å². The first-order chi connectivity index (χ1) is 8.72. The van der Waals surface area contributed by atoms with E-state index in [2.05, 4.69) is 9.55 Å². The third-order valence-electron chi connectivity index (χ3n) is 3.40. The number of anilines is 1. The maximum absolute atomic E-state index is 6.25. The van der Waals surface area contributed by atoms with E-state index in [0.29, 0.717) is 6.04 Å². The van der Waals surface area contributed by atoms with Crippen LogP contribution in [0.5, 0.6) is 5.75 Å². The van der Waals surface area contributed by atoms with Gasteiger partial charge in [0.05, 0.1) is 7.11 Å². The smallest absolute Gasteiger partial charge is 0.132 e. The number of nitrogens with zero attached hydrogens (tertiary/aromatic N) is 2. The Kier molecular flexibility index (Phi) is 2.51. The number of methoxy groups -OCH3 is 1. The Morgan fingerprint density at radius 3 is 2.72 bits per heavy atom. The third kappa shape index (κ3) is 1.65. The lowest BCUT2D eigenvalue weighted by Crippen LogP contribution is -2.02. The summed E-state index contributed by atoms with van der Waals surface area (Å²) >= 11 is 0. The summed E-state index contributed by atoms with van der Waals surface area (Å²) in [5.41, 5.74) is 8.03. The molecule has 2 N–H and O–H groups in total. The number of nitrogens with two attached hydrogens (primary N) is 1. The van der Waals surface area contributed by atoms with E-state index in [9.17, 15) is 0 Å². The molecule has 0 spiro atoms. The van der Waals surface area contributed by atoms with Gasteiger partial charge in [-0.1, -0.05) is 12.1 Å². The van der Waals surface area contributed by atoms with Crippen LogP contribution in [0.2, 0.25) is 0 Å². The summed E-state index contributed by atoms with van der Waals surface area (Å²) in [6.07, 6.45) is 2.40. The van der Waals surface area contributed by atoms with E-state index in [4.69, 9.17) is 10.5 Å². The molecule has 4 heteroatoms. The number of hydrogen-bond donors (Lipinski definition) is 1. The summed E-state index contributed by atoms with van der Waals surface area (Å²) in [5.74, 6) is 2.54. The van der Waals surface area contributed by atoms with Crippen molar-refractivity contribution in [1.29, 1.82) is 0 Å². The second kappa shape index (κ2) is 4.05. The van der Waals surface area contributed by atoms with Crippen molar-refractivity contribution in [2.75, 3.05) is 12.8 Å². The molecule has 18 heavy (non-hydrogen) atoms. The van der Waals surface area contributed by atoms with Crippen molar-refractivity contribution in [3.05, 3.63) is 30.1 Å².